The Bertz CT molecular complexity index is 357. The molecule has 1 aliphatic carbocycles. The zero-order valence-corrected chi connectivity index (χ0v) is 8.89. The molecular weight excluding hydrogens is 177 g/mol. The molecule has 1 N–H and O–H groups in total. The first-order valence-corrected chi connectivity index (χ1v) is 5.02. The first kappa shape index (κ1) is 9.66. The molecule has 1 aromatic rings. The van der Waals surface area contributed by atoms with E-state index in [0.717, 1.165) is 12.0 Å². The third-order valence-corrected chi connectivity index (χ3v) is 3.18. The maximum absolute atomic E-state index is 13.1. The van der Waals surface area contributed by atoms with Crippen LogP contribution in [0, 0.1) is 5.82 Å². The largest absolute Gasteiger partial charge is 0.313 e. The van der Waals surface area contributed by atoms with Gasteiger partial charge in [0.25, 0.3) is 0 Å². The standard InChI is InChI=1S/C12H16FN/c1-12(2)7-11(14-3)9-5-4-8(13)6-10(9)12/h4-6,11,14H,7H2,1-3H3. The van der Waals surface area contributed by atoms with Crippen molar-refractivity contribution in [2.75, 3.05) is 7.05 Å². The average Bonchev–Trinajstić information content (AvgIpc) is 2.38. The Balaban J connectivity index is 2.54. The van der Waals surface area contributed by atoms with E-state index in [1.807, 2.05) is 13.1 Å². The molecule has 1 aliphatic rings. The fourth-order valence-corrected chi connectivity index (χ4v) is 2.41. The van der Waals surface area contributed by atoms with Crippen molar-refractivity contribution in [2.45, 2.75) is 31.7 Å². The molecule has 0 aliphatic heterocycles. The highest BCUT2D eigenvalue weighted by atomic mass is 19.1. The van der Waals surface area contributed by atoms with Gasteiger partial charge in [-0.1, -0.05) is 19.9 Å². The van der Waals surface area contributed by atoms with Crippen molar-refractivity contribution in [1.29, 1.82) is 0 Å². The summed E-state index contributed by atoms with van der Waals surface area (Å²) < 4.78 is 13.1. The van der Waals surface area contributed by atoms with Gasteiger partial charge in [0.2, 0.25) is 0 Å². The van der Waals surface area contributed by atoms with Crippen LogP contribution in [0.15, 0.2) is 18.2 Å². The van der Waals surface area contributed by atoms with Crippen LogP contribution in [0.4, 0.5) is 4.39 Å². The summed E-state index contributed by atoms with van der Waals surface area (Å²) in [5.74, 6) is -0.131. The van der Waals surface area contributed by atoms with E-state index in [4.69, 9.17) is 0 Å². The molecule has 0 amide bonds. The van der Waals surface area contributed by atoms with E-state index in [1.54, 1.807) is 12.1 Å². The van der Waals surface area contributed by atoms with Gasteiger partial charge in [0.1, 0.15) is 5.82 Å². The molecule has 0 bridgehead atoms. The molecule has 0 heterocycles. The number of hydrogen-bond acceptors (Lipinski definition) is 1. The highest BCUT2D eigenvalue weighted by Crippen LogP contribution is 2.44. The van der Waals surface area contributed by atoms with Gasteiger partial charge in [0.05, 0.1) is 0 Å². The van der Waals surface area contributed by atoms with Gasteiger partial charge in [0, 0.05) is 6.04 Å². The second-order valence-electron chi connectivity index (χ2n) is 4.66. The maximum Gasteiger partial charge on any atom is 0.123 e. The third-order valence-electron chi connectivity index (χ3n) is 3.18. The van der Waals surface area contributed by atoms with Crippen molar-refractivity contribution in [3.63, 3.8) is 0 Å². The van der Waals surface area contributed by atoms with Crippen molar-refractivity contribution in [1.82, 2.24) is 5.32 Å². The van der Waals surface area contributed by atoms with E-state index in [0.29, 0.717) is 6.04 Å². The van der Waals surface area contributed by atoms with E-state index >= 15 is 0 Å². The highest BCUT2D eigenvalue weighted by Gasteiger charge is 2.36. The predicted molar refractivity (Wildman–Crippen MR) is 55.8 cm³/mol. The van der Waals surface area contributed by atoms with Crippen molar-refractivity contribution >= 4 is 0 Å². The number of hydrogen-bond donors (Lipinski definition) is 1. The molecule has 1 unspecified atom stereocenters. The molecule has 0 fully saturated rings. The van der Waals surface area contributed by atoms with E-state index in [1.165, 1.54) is 5.56 Å². The minimum atomic E-state index is -0.131. The summed E-state index contributed by atoms with van der Waals surface area (Å²) in [6.45, 7) is 4.34. The molecule has 1 aromatic carbocycles. The summed E-state index contributed by atoms with van der Waals surface area (Å²) in [6, 6.07) is 5.50. The van der Waals surface area contributed by atoms with Crippen LogP contribution in [-0.2, 0) is 5.41 Å². The molecule has 14 heavy (non-hydrogen) atoms. The summed E-state index contributed by atoms with van der Waals surface area (Å²) in [4.78, 5) is 0. The maximum atomic E-state index is 13.1. The van der Waals surface area contributed by atoms with E-state index in [2.05, 4.69) is 19.2 Å². The zero-order chi connectivity index (χ0) is 10.3. The van der Waals surface area contributed by atoms with Crippen molar-refractivity contribution in [3.05, 3.63) is 35.1 Å². The lowest BCUT2D eigenvalue weighted by Gasteiger charge is -2.18. The minimum absolute atomic E-state index is 0.0884. The van der Waals surface area contributed by atoms with Crippen LogP contribution in [0.2, 0.25) is 0 Å². The van der Waals surface area contributed by atoms with Gasteiger partial charge >= 0.3 is 0 Å². The van der Waals surface area contributed by atoms with Crippen LogP contribution in [-0.4, -0.2) is 7.05 Å². The minimum Gasteiger partial charge on any atom is -0.313 e. The van der Waals surface area contributed by atoms with Crippen LogP contribution in [0.25, 0.3) is 0 Å². The molecule has 0 radical (unpaired) electrons. The van der Waals surface area contributed by atoms with Crippen molar-refractivity contribution < 1.29 is 4.39 Å². The molecule has 2 heteroatoms. The number of fused-ring (bicyclic) bond motifs is 1. The smallest absolute Gasteiger partial charge is 0.123 e. The summed E-state index contributed by atoms with van der Waals surface area (Å²) in [7, 11) is 1.96. The lowest BCUT2D eigenvalue weighted by atomic mass is 9.86. The average molecular weight is 193 g/mol. The number of nitrogens with one attached hydrogen (secondary N) is 1. The van der Waals surface area contributed by atoms with Gasteiger partial charge in [-0.15, -0.1) is 0 Å². The van der Waals surface area contributed by atoms with E-state index in [-0.39, 0.29) is 11.2 Å². The Morgan fingerprint density at radius 2 is 2.14 bits per heavy atom. The second-order valence-corrected chi connectivity index (χ2v) is 4.66. The Labute approximate surface area is 84.3 Å². The molecule has 0 spiro atoms. The summed E-state index contributed by atoms with van der Waals surface area (Å²) >= 11 is 0. The fourth-order valence-electron chi connectivity index (χ4n) is 2.41. The number of benzene rings is 1. The second kappa shape index (κ2) is 3.06. The van der Waals surface area contributed by atoms with Crippen LogP contribution in [0.1, 0.15) is 37.4 Å². The summed E-state index contributed by atoms with van der Waals surface area (Å²) in [6.07, 6.45) is 1.04. The van der Waals surface area contributed by atoms with Gasteiger partial charge in [-0.05, 0) is 42.1 Å². The monoisotopic (exact) mass is 193 g/mol. The van der Waals surface area contributed by atoms with Crippen LogP contribution in [0.3, 0.4) is 0 Å². The van der Waals surface area contributed by atoms with Crippen molar-refractivity contribution in [2.24, 2.45) is 0 Å². The Morgan fingerprint density at radius 3 is 2.79 bits per heavy atom. The molecule has 1 atom stereocenters. The van der Waals surface area contributed by atoms with Crippen LogP contribution < -0.4 is 5.32 Å². The van der Waals surface area contributed by atoms with Gasteiger partial charge in [-0.2, -0.15) is 0 Å². The lowest BCUT2D eigenvalue weighted by molar-refractivity contribution is 0.446. The molecule has 0 saturated heterocycles. The summed E-state index contributed by atoms with van der Waals surface area (Å²) in [5, 5.41) is 3.27. The van der Waals surface area contributed by atoms with Gasteiger partial charge in [-0.3, -0.25) is 0 Å². The van der Waals surface area contributed by atoms with Gasteiger partial charge in [-0.25, -0.2) is 4.39 Å². The lowest BCUT2D eigenvalue weighted by Crippen LogP contribution is -2.17. The quantitative estimate of drug-likeness (QED) is 0.723. The van der Waals surface area contributed by atoms with Crippen molar-refractivity contribution in [3.8, 4) is 0 Å². The van der Waals surface area contributed by atoms with Crippen LogP contribution in [0.5, 0.6) is 0 Å². The molecule has 1 nitrogen and oxygen atoms in total. The topological polar surface area (TPSA) is 12.0 Å². The molecular formula is C12H16FN. The Hall–Kier alpha value is -0.890. The molecule has 76 valence electrons. The number of rotatable bonds is 1. The van der Waals surface area contributed by atoms with Gasteiger partial charge < -0.3 is 5.32 Å². The first-order chi connectivity index (χ1) is 6.54. The van der Waals surface area contributed by atoms with Gasteiger partial charge in [0.15, 0.2) is 0 Å². The normalized spacial score (nSPS) is 23.6. The zero-order valence-electron chi connectivity index (χ0n) is 8.89. The molecule has 0 aromatic heterocycles. The fraction of sp³-hybridized carbons (Fsp3) is 0.500. The van der Waals surface area contributed by atoms with Crippen LogP contribution >= 0.6 is 0 Å². The molecule has 0 saturated carbocycles. The Kier molecular flexibility index (Phi) is 2.11. The Morgan fingerprint density at radius 1 is 1.43 bits per heavy atom. The SMILES string of the molecule is CNC1CC(C)(C)c2cc(F)ccc21. The van der Waals surface area contributed by atoms with E-state index in [9.17, 15) is 4.39 Å². The third kappa shape index (κ3) is 1.34. The predicted octanol–water partition coefficient (Wildman–Crippen LogP) is 2.77. The summed E-state index contributed by atoms with van der Waals surface area (Å²) in [5.41, 5.74) is 2.49. The van der Waals surface area contributed by atoms with E-state index < -0.39 is 0 Å². The highest BCUT2D eigenvalue weighted by molar-refractivity contribution is 5.41. The number of halogens is 1. The molecule has 2 rings (SSSR count). The first-order valence-electron chi connectivity index (χ1n) is 5.02.